The summed E-state index contributed by atoms with van der Waals surface area (Å²) in [5, 5.41) is 8.83. The van der Waals surface area contributed by atoms with Crippen LogP contribution in [0.15, 0.2) is 91.3 Å². The van der Waals surface area contributed by atoms with Crippen LogP contribution in [0, 0.1) is 12.8 Å². The van der Waals surface area contributed by atoms with Crippen molar-refractivity contribution < 1.29 is 9.59 Å². The molecular weight excluding hydrogens is 727 g/mol. The Hall–Kier alpha value is -4.76. The summed E-state index contributed by atoms with van der Waals surface area (Å²) in [6.45, 7) is 7.61. The summed E-state index contributed by atoms with van der Waals surface area (Å²) in [5.74, 6) is 0.455. The van der Waals surface area contributed by atoms with E-state index in [-0.39, 0.29) is 23.8 Å². The molecule has 0 aliphatic carbocycles. The maximum absolute atomic E-state index is 14.8. The second-order valence-corrected chi connectivity index (χ2v) is 15.1. The molecule has 272 valence electrons. The third kappa shape index (κ3) is 7.81. The topological polar surface area (TPSA) is 93.4 Å². The van der Waals surface area contributed by atoms with Crippen LogP contribution in [-0.2, 0) is 11.3 Å². The summed E-state index contributed by atoms with van der Waals surface area (Å²) in [6, 6.07) is 23.5. The highest BCUT2D eigenvalue weighted by Gasteiger charge is 2.31. The third-order valence-electron chi connectivity index (χ3n) is 10.1. The van der Waals surface area contributed by atoms with Gasteiger partial charge in [-0.15, -0.1) is 0 Å². The second-order valence-electron chi connectivity index (χ2n) is 13.8. The van der Waals surface area contributed by atoms with Crippen LogP contribution in [0.5, 0.6) is 0 Å². The number of halogens is 3. The third-order valence-corrected chi connectivity index (χ3v) is 10.9. The Morgan fingerprint density at radius 3 is 2.47 bits per heavy atom. The number of H-pyrrole nitrogens is 1. The molecule has 0 radical (unpaired) electrons. The van der Waals surface area contributed by atoms with Gasteiger partial charge in [0, 0.05) is 76.5 Å². The lowest BCUT2D eigenvalue weighted by atomic mass is 9.87. The van der Waals surface area contributed by atoms with Crippen LogP contribution in [0.3, 0.4) is 0 Å². The molecule has 53 heavy (non-hydrogen) atoms. The van der Waals surface area contributed by atoms with Crippen LogP contribution >= 0.6 is 34.8 Å². The van der Waals surface area contributed by atoms with Crippen molar-refractivity contribution in [2.75, 3.05) is 23.3 Å². The van der Waals surface area contributed by atoms with Gasteiger partial charge in [0.2, 0.25) is 5.91 Å². The Bertz CT molecular complexity index is 2220. The van der Waals surface area contributed by atoms with Gasteiger partial charge >= 0.3 is 0 Å². The Morgan fingerprint density at radius 2 is 1.74 bits per heavy atom. The lowest BCUT2D eigenvalue weighted by molar-refractivity contribution is -0.119. The van der Waals surface area contributed by atoms with Gasteiger partial charge in [-0.25, -0.2) is 4.98 Å². The SMILES string of the molecule is CC(=O)NC1CCN(c2ncccc2NC(=O)c2[nH]c3cc(Cl)ccc3c2C2=C(c3ccccc3)C(C)CC=CN2Cc2c(C)cc(Cl)cc2Cl)CC1. The van der Waals surface area contributed by atoms with Gasteiger partial charge in [-0.3, -0.25) is 9.59 Å². The highest BCUT2D eigenvalue weighted by Crippen LogP contribution is 2.44. The Morgan fingerprint density at radius 1 is 0.962 bits per heavy atom. The normalized spacial score (nSPS) is 16.6. The molecule has 8 nitrogen and oxygen atoms in total. The number of nitrogens with one attached hydrogen (secondary N) is 3. The molecule has 3 N–H and O–H groups in total. The van der Waals surface area contributed by atoms with E-state index in [4.69, 9.17) is 39.8 Å². The summed E-state index contributed by atoms with van der Waals surface area (Å²) in [5.41, 5.74) is 7.48. The predicted molar refractivity (Wildman–Crippen MR) is 217 cm³/mol. The fraction of sp³-hybridized carbons (Fsp3) is 0.262. The molecule has 2 amide bonds. The molecule has 2 aliphatic heterocycles. The van der Waals surface area contributed by atoms with Crippen LogP contribution < -0.4 is 15.5 Å². The molecule has 1 unspecified atom stereocenters. The number of piperidine rings is 1. The Labute approximate surface area is 324 Å². The number of allylic oxidation sites excluding steroid dienone is 2. The Kier molecular flexibility index (Phi) is 10.8. The monoisotopic (exact) mass is 766 g/mol. The average molecular weight is 768 g/mol. The number of aromatic nitrogens is 2. The van der Waals surface area contributed by atoms with Crippen molar-refractivity contribution in [2.45, 2.75) is 52.6 Å². The molecule has 11 heteroatoms. The van der Waals surface area contributed by atoms with Gasteiger partial charge in [-0.2, -0.15) is 0 Å². The van der Waals surface area contributed by atoms with E-state index in [9.17, 15) is 9.59 Å². The number of aryl methyl sites for hydroxylation is 1. The number of benzene rings is 3. The van der Waals surface area contributed by atoms with Gasteiger partial charge in [0.05, 0.1) is 11.4 Å². The van der Waals surface area contributed by atoms with E-state index in [0.717, 1.165) is 63.7 Å². The first-order valence-electron chi connectivity index (χ1n) is 17.8. The number of hydrogen-bond donors (Lipinski definition) is 3. The predicted octanol–water partition coefficient (Wildman–Crippen LogP) is 10.1. The van der Waals surface area contributed by atoms with Gasteiger partial charge in [-0.05, 0) is 90.8 Å². The Balaban J connectivity index is 1.37. The van der Waals surface area contributed by atoms with E-state index < -0.39 is 0 Å². The van der Waals surface area contributed by atoms with E-state index in [1.165, 1.54) is 0 Å². The lowest BCUT2D eigenvalue weighted by Crippen LogP contribution is -2.44. The number of carbonyl (C=O) groups excluding carboxylic acids is 2. The highest BCUT2D eigenvalue weighted by atomic mass is 35.5. The zero-order valence-electron chi connectivity index (χ0n) is 29.8. The van der Waals surface area contributed by atoms with Gasteiger partial charge in [0.15, 0.2) is 5.82 Å². The summed E-state index contributed by atoms with van der Waals surface area (Å²) >= 11 is 19.8. The molecule has 4 heterocycles. The largest absolute Gasteiger partial charge is 0.355 e. The molecule has 1 saturated heterocycles. The average Bonchev–Trinajstić information content (AvgIpc) is 3.42. The highest BCUT2D eigenvalue weighted by molar-refractivity contribution is 6.35. The minimum atomic E-state index is -0.309. The van der Waals surface area contributed by atoms with Crippen molar-refractivity contribution >= 4 is 80.3 Å². The summed E-state index contributed by atoms with van der Waals surface area (Å²) < 4.78 is 0. The molecule has 7 rings (SSSR count). The van der Waals surface area contributed by atoms with Crippen LogP contribution in [0.25, 0.3) is 22.2 Å². The first-order chi connectivity index (χ1) is 25.6. The molecule has 1 fully saturated rings. The summed E-state index contributed by atoms with van der Waals surface area (Å²) in [6.07, 6.45) is 8.38. The van der Waals surface area contributed by atoms with E-state index in [0.29, 0.717) is 51.9 Å². The number of anilines is 2. The van der Waals surface area contributed by atoms with Gasteiger partial charge < -0.3 is 25.4 Å². The first-order valence-corrected chi connectivity index (χ1v) is 19.0. The molecule has 0 saturated carbocycles. The van der Waals surface area contributed by atoms with Crippen LogP contribution in [0.1, 0.15) is 65.9 Å². The quantitative estimate of drug-likeness (QED) is 0.146. The molecule has 2 aromatic heterocycles. The number of nitrogens with zero attached hydrogens (tertiary/aromatic N) is 3. The fourth-order valence-corrected chi connectivity index (χ4v) is 8.39. The number of rotatable bonds is 8. The standard InChI is InChI=1S/C42H41Cl3N6O2/c1-25-9-8-18-51(24-33-26(2)21-30(44)22-34(33)45)40(37(25)28-10-5-4-6-11-28)38-32-14-13-29(43)23-36(32)48-39(38)42(53)49-35-12-7-17-46-41(35)50-19-15-31(16-20-50)47-27(3)52/h4-8,10-14,17-18,21-23,25,31,48H,9,15-16,19-20,24H2,1-3H3,(H,47,52)(H,49,53). The number of fused-ring (bicyclic) bond motifs is 1. The summed E-state index contributed by atoms with van der Waals surface area (Å²) in [7, 11) is 0. The number of carbonyl (C=O) groups is 2. The van der Waals surface area contributed by atoms with Crippen LogP contribution in [0.2, 0.25) is 15.1 Å². The zero-order valence-corrected chi connectivity index (χ0v) is 32.1. The van der Waals surface area contributed by atoms with E-state index in [1.54, 1.807) is 19.2 Å². The molecular formula is C42H41Cl3N6O2. The molecule has 0 spiro atoms. The molecule has 3 aromatic carbocycles. The van der Waals surface area contributed by atoms with Crippen molar-refractivity contribution in [3.8, 4) is 0 Å². The van der Waals surface area contributed by atoms with E-state index >= 15 is 0 Å². The van der Waals surface area contributed by atoms with Crippen molar-refractivity contribution in [1.29, 1.82) is 0 Å². The minimum absolute atomic E-state index is 0.0290. The van der Waals surface area contributed by atoms with Crippen LogP contribution in [-0.4, -0.2) is 45.8 Å². The maximum Gasteiger partial charge on any atom is 0.272 e. The van der Waals surface area contributed by atoms with E-state index in [2.05, 4.69) is 56.7 Å². The smallest absolute Gasteiger partial charge is 0.272 e. The molecule has 1 atom stereocenters. The van der Waals surface area contributed by atoms with Gasteiger partial charge in [0.1, 0.15) is 5.69 Å². The molecule has 5 aromatic rings. The van der Waals surface area contributed by atoms with Crippen molar-refractivity contribution in [1.82, 2.24) is 20.2 Å². The van der Waals surface area contributed by atoms with Gasteiger partial charge in [0.25, 0.3) is 5.91 Å². The maximum atomic E-state index is 14.8. The minimum Gasteiger partial charge on any atom is -0.355 e. The number of amides is 2. The fourth-order valence-electron chi connectivity index (χ4n) is 7.56. The number of hydrogen-bond acceptors (Lipinski definition) is 5. The number of aromatic amines is 1. The van der Waals surface area contributed by atoms with E-state index in [1.807, 2.05) is 61.5 Å². The van der Waals surface area contributed by atoms with Crippen LogP contribution in [0.4, 0.5) is 11.5 Å². The summed E-state index contributed by atoms with van der Waals surface area (Å²) in [4.78, 5) is 39.0. The lowest BCUT2D eigenvalue weighted by Gasteiger charge is -2.34. The first kappa shape index (κ1) is 36.6. The van der Waals surface area contributed by atoms with Gasteiger partial charge in [-0.1, -0.05) is 84.2 Å². The van der Waals surface area contributed by atoms with Crippen molar-refractivity contribution in [2.24, 2.45) is 5.92 Å². The zero-order chi connectivity index (χ0) is 37.2. The second kappa shape index (κ2) is 15.7. The number of pyridine rings is 1. The van der Waals surface area contributed by atoms with Crippen molar-refractivity contribution in [3.63, 3.8) is 0 Å². The van der Waals surface area contributed by atoms with Crippen molar-refractivity contribution in [3.05, 3.63) is 134 Å². The molecule has 0 bridgehead atoms. The molecule has 2 aliphatic rings.